The number of carboxylic acid groups (broad SMARTS) is 2. The average molecular weight is 421 g/mol. The summed E-state index contributed by atoms with van der Waals surface area (Å²) in [5, 5.41) is 18.1. The Morgan fingerprint density at radius 1 is 1.25 bits per heavy atom. The Hall–Kier alpha value is -2.98. The van der Waals surface area contributed by atoms with Crippen LogP contribution in [0.3, 0.4) is 0 Å². The summed E-state index contributed by atoms with van der Waals surface area (Å²) >= 11 is 5.89. The number of halogens is 1. The van der Waals surface area contributed by atoms with Gasteiger partial charge in [0.25, 0.3) is 5.91 Å². The smallest absolute Gasteiger partial charge is 0.327 e. The van der Waals surface area contributed by atoms with Crippen LogP contribution in [0, 0.1) is 5.82 Å². The van der Waals surface area contributed by atoms with Crippen LogP contribution >= 0.6 is 24.0 Å². The Labute approximate surface area is 167 Å². The van der Waals surface area contributed by atoms with E-state index in [1.54, 1.807) is 18.2 Å². The predicted octanol–water partition coefficient (Wildman–Crippen LogP) is 3.21. The molecule has 1 aliphatic rings. The quantitative estimate of drug-likeness (QED) is 0.541. The third-order valence-corrected chi connectivity index (χ3v) is 5.16. The molecular formula is C18H12FNO6S2. The second-order valence-electron chi connectivity index (χ2n) is 5.69. The monoisotopic (exact) mass is 421 g/mol. The number of thioether (sulfide) groups is 1. The molecule has 1 fully saturated rings. The van der Waals surface area contributed by atoms with Crippen LogP contribution in [0.15, 0.2) is 45.7 Å². The number of amides is 1. The van der Waals surface area contributed by atoms with Gasteiger partial charge < -0.3 is 14.6 Å². The van der Waals surface area contributed by atoms with Gasteiger partial charge in [-0.05, 0) is 24.3 Å². The highest BCUT2D eigenvalue weighted by atomic mass is 32.2. The molecule has 0 bridgehead atoms. The summed E-state index contributed by atoms with van der Waals surface area (Å²) in [6, 6.07) is 7.49. The molecule has 0 spiro atoms. The van der Waals surface area contributed by atoms with Crippen LogP contribution in [0.4, 0.5) is 4.39 Å². The summed E-state index contributed by atoms with van der Waals surface area (Å²) in [5.74, 6) is -3.54. The summed E-state index contributed by atoms with van der Waals surface area (Å²) in [7, 11) is 0. The number of rotatable bonds is 6. The Balaban J connectivity index is 1.87. The van der Waals surface area contributed by atoms with Crippen molar-refractivity contribution in [1.82, 2.24) is 4.90 Å². The van der Waals surface area contributed by atoms with Crippen LogP contribution in [-0.4, -0.2) is 43.3 Å². The Kier molecular flexibility index (Phi) is 5.61. The van der Waals surface area contributed by atoms with E-state index in [0.717, 1.165) is 16.7 Å². The molecule has 1 aliphatic heterocycles. The number of thiocarbonyl (C=S) groups is 1. The number of carbonyl (C=O) groups excluding carboxylic acids is 1. The highest BCUT2D eigenvalue weighted by molar-refractivity contribution is 8.26. The molecule has 2 heterocycles. The molecule has 28 heavy (non-hydrogen) atoms. The van der Waals surface area contributed by atoms with Crippen LogP contribution < -0.4 is 0 Å². The fourth-order valence-corrected chi connectivity index (χ4v) is 3.91. The molecule has 10 heteroatoms. The largest absolute Gasteiger partial charge is 0.481 e. The van der Waals surface area contributed by atoms with Crippen LogP contribution in [0.2, 0.25) is 0 Å². The lowest BCUT2D eigenvalue weighted by atomic mass is 10.1. The van der Waals surface area contributed by atoms with Crippen LogP contribution in [0.1, 0.15) is 12.2 Å². The number of carboxylic acids is 2. The molecule has 1 saturated heterocycles. The van der Waals surface area contributed by atoms with Crippen molar-refractivity contribution < 1.29 is 33.4 Å². The molecule has 3 rings (SSSR count). The summed E-state index contributed by atoms with van der Waals surface area (Å²) in [6.45, 7) is 0. The molecule has 0 radical (unpaired) electrons. The summed E-state index contributed by atoms with van der Waals surface area (Å²) in [4.78, 5) is 35.7. The van der Waals surface area contributed by atoms with Gasteiger partial charge in [-0.15, -0.1) is 0 Å². The van der Waals surface area contributed by atoms with E-state index in [1.165, 1.54) is 24.3 Å². The minimum absolute atomic E-state index is 0.0641. The van der Waals surface area contributed by atoms with Crippen molar-refractivity contribution in [1.29, 1.82) is 0 Å². The molecule has 2 aromatic rings. The lowest BCUT2D eigenvalue weighted by molar-refractivity contribution is -0.150. The van der Waals surface area contributed by atoms with Gasteiger partial charge in [0.05, 0.1) is 16.9 Å². The van der Waals surface area contributed by atoms with Crippen molar-refractivity contribution >= 4 is 52.2 Å². The van der Waals surface area contributed by atoms with Crippen molar-refractivity contribution in [3.8, 4) is 11.3 Å². The minimum Gasteiger partial charge on any atom is -0.481 e. The Morgan fingerprint density at radius 2 is 1.96 bits per heavy atom. The third kappa shape index (κ3) is 3.97. The standard InChI is InChI=1S/C18H12FNO6S2/c19-11-4-2-1-3-10(11)13-6-5-9(26-13)7-14-16(23)20(18(27)28-14)12(17(24)25)8-15(21)22/h1-7,12H,8H2,(H,21,22)(H,24,25)/b14-7-. The Morgan fingerprint density at radius 3 is 2.61 bits per heavy atom. The number of hydrogen-bond donors (Lipinski definition) is 2. The van der Waals surface area contributed by atoms with Gasteiger partial charge in [-0.3, -0.25) is 14.5 Å². The van der Waals surface area contributed by atoms with Crippen molar-refractivity contribution in [3.05, 3.63) is 52.9 Å². The lowest BCUT2D eigenvalue weighted by Crippen LogP contribution is -2.45. The van der Waals surface area contributed by atoms with Gasteiger partial charge in [0, 0.05) is 6.08 Å². The van der Waals surface area contributed by atoms with Crippen molar-refractivity contribution in [2.75, 3.05) is 0 Å². The molecule has 0 aliphatic carbocycles. The number of carbonyl (C=O) groups is 3. The van der Waals surface area contributed by atoms with Gasteiger partial charge in [-0.2, -0.15) is 0 Å². The van der Waals surface area contributed by atoms with Gasteiger partial charge >= 0.3 is 11.9 Å². The molecule has 1 amide bonds. The van der Waals surface area contributed by atoms with Gasteiger partial charge in [0.2, 0.25) is 0 Å². The van der Waals surface area contributed by atoms with Crippen LogP contribution in [0.25, 0.3) is 17.4 Å². The van der Waals surface area contributed by atoms with Crippen LogP contribution in [-0.2, 0) is 14.4 Å². The zero-order valence-corrected chi connectivity index (χ0v) is 15.6. The van der Waals surface area contributed by atoms with E-state index in [4.69, 9.17) is 21.7 Å². The van der Waals surface area contributed by atoms with E-state index < -0.39 is 36.1 Å². The Bertz CT molecular complexity index is 1020. The van der Waals surface area contributed by atoms with E-state index in [9.17, 15) is 23.9 Å². The van der Waals surface area contributed by atoms with E-state index in [-0.39, 0.29) is 26.3 Å². The fraction of sp³-hybridized carbons (Fsp3) is 0.111. The van der Waals surface area contributed by atoms with Crippen LogP contribution in [0.5, 0.6) is 0 Å². The molecule has 1 unspecified atom stereocenters. The summed E-state index contributed by atoms with van der Waals surface area (Å²) in [6.07, 6.45) is 0.566. The zero-order chi connectivity index (χ0) is 20.4. The van der Waals surface area contributed by atoms with Crippen molar-refractivity contribution in [2.45, 2.75) is 12.5 Å². The molecule has 1 atom stereocenters. The predicted molar refractivity (Wildman–Crippen MR) is 103 cm³/mol. The molecular weight excluding hydrogens is 409 g/mol. The highest BCUT2D eigenvalue weighted by Crippen LogP contribution is 2.35. The number of furan rings is 1. The second kappa shape index (κ2) is 7.95. The number of benzene rings is 1. The number of aliphatic carboxylic acids is 2. The minimum atomic E-state index is -1.61. The maximum atomic E-state index is 13.9. The van der Waals surface area contributed by atoms with E-state index in [1.807, 2.05) is 0 Å². The van der Waals surface area contributed by atoms with Crippen molar-refractivity contribution in [2.24, 2.45) is 0 Å². The number of nitrogens with zero attached hydrogens (tertiary/aromatic N) is 1. The van der Waals surface area contributed by atoms with E-state index >= 15 is 0 Å². The van der Waals surface area contributed by atoms with Crippen molar-refractivity contribution in [3.63, 3.8) is 0 Å². The molecule has 144 valence electrons. The lowest BCUT2D eigenvalue weighted by Gasteiger charge is -2.21. The molecule has 2 N–H and O–H groups in total. The fourth-order valence-electron chi connectivity index (χ4n) is 2.57. The highest BCUT2D eigenvalue weighted by Gasteiger charge is 2.41. The molecule has 0 saturated carbocycles. The normalized spacial score (nSPS) is 16.6. The maximum absolute atomic E-state index is 13.9. The molecule has 7 nitrogen and oxygen atoms in total. The first kappa shape index (κ1) is 19.8. The summed E-state index contributed by atoms with van der Waals surface area (Å²) < 4.78 is 19.3. The van der Waals surface area contributed by atoms with Gasteiger partial charge in [0.1, 0.15) is 27.7 Å². The summed E-state index contributed by atoms with van der Waals surface area (Å²) in [5.41, 5.74) is 0.252. The van der Waals surface area contributed by atoms with Gasteiger partial charge in [0.15, 0.2) is 0 Å². The zero-order valence-electron chi connectivity index (χ0n) is 14.0. The van der Waals surface area contributed by atoms with E-state index in [0.29, 0.717) is 0 Å². The first-order valence-electron chi connectivity index (χ1n) is 7.84. The second-order valence-corrected chi connectivity index (χ2v) is 7.36. The van der Waals surface area contributed by atoms with E-state index in [2.05, 4.69) is 0 Å². The number of hydrogen-bond acceptors (Lipinski definition) is 6. The maximum Gasteiger partial charge on any atom is 0.327 e. The van der Waals surface area contributed by atoms with Gasteiger partial charge in [-0.25, -0.2) is 9.18 Å². The SMILES string of the molecule is O=C(O)CC(C(=O)O)N1C(=O)/C(=C/c2ccc(-c3ccccc3F)o2)SC1=S. The molecule has 1 aromatic carbocycles. The molecule has 1 aromatic heterocycles. The van der Waals surface area contributed by atoms with Gasteiger partial charge in [-0.1, -0.05) is 36.1 Å². The average Bonchev–Trinajstić information content (AvgIpc) is 3.18. The topological polar surface area (TPSA) is 108 Å². The first-order valence-corrected chi connectivity index (χ1v) is 9.07. The third-order valence-electron chi connectivity index (χ3n) is 3.83. The first-order chi connectivity index (χ1) is 13.3.